The zero-order chi connectivity index (χ0) is 19.7. The molecule has 0 aliphatic carbocycles. The molecule has 0 unspecified atom stereocenters. The van der Waals surface area contributed by atoms with E-state index in [0.717, 1.165) is 57.3 Å². The SMILES string of the molecule is Nc1nccc(Sc2nc(CO)c(N3CCC4(CCOC4)CC3)[nH]c2=O)c1Cl. The molecule has 2 aromatic heterocycles. The summed E-state index contributed by atoms with van der Waals surface area (Å²) in [5.74, 6) is 0.784. The maximum atomic E-state index is 12.6. The molecule has 2 fully saturated rings. The van der Waals surface area contributed by atoms with Crippen LogP contribution in [0.3, 0.4) is 0 Å². The molecular formula is C18H22ClN5O3S. The van der Waals surface area contributed by atoms with E-state index in [4.69, 9.17) is 22.1 Å². The number of ether oxygens (including phenoxy) is 1. The van der Waals surface area contributed by atoms with E-state index in [1.165, 1.54) is 6.20 Å². The van der Waals surface area contributed by atoms with Gasteiger partial charge in [-0.3, -0.25) is 4.79 Å². The summed E-state index contributed by atoms with van der Waals surface area (Å²) in [6.07, 6.45) is 4.62. The molecule has 4 N–H and O–H groups in total. The van der Waals surface area contributed by atoms with Gasteiger partial charge in [-0.15, -0.1) is 0 Å². The molecule has 28 heavy (non-hydrogen) atoms. The average Bonchev–Trinajstić information content (AvgIpc) is 3.15. The van der Waals surface area contributed by atoms with Crippen LogP contribution >= 0.6 is 23.4 Å². The van der Waals surface area contributed by atoms with Crippen LogP contribution in [0.25, 0.3) is 0 Å². The third kappa shape index (κ3) is 3.71. The zero-order valence-electron chi connectivity index (χ0n) is 15.3. The third-order valence-electron chi connectivity index (χ3n) is 5.50. The van der Waals surface area contributed by atoms with Gasteiger partial charge in [0.15, 0.2) is 5.03 Å². The maximum Gasteiger partial charge on any atom is 0.282 e. The van der Waals surface area contributed by atoms with E-state index in [1.54, 1.807) is 6.07 Å². The lowest BCUT2D eigenvalue weighted by molar-refractivity contribution is 0.133. The number of pyridine rings is 1. The largest absolute Gasteiger partial charge is 0.390 e. The first-order valence-corrected chi connectivity index (χ1v) is 10.4. The standard InChI is InChI=1S/C18H22ClN5O3S/c19-13-12(1-5-21-14(13)20)28-17-16(26)23-15(11(9-25)22-17)24-6-2-18(3-7-24)4-8-27-10-18/h1,5,25H,2-4,6-10H2,(H2,20,21)(H,23,26). The number of H-pyrrole nitrogens is 1. The minimum Gasteiger partial charge on any atom is -0.390 e. The fourth-order valence-electron chi connectivity index (χ4n) is 3.77. The van der Waals surface area contributed by atoms with E-state index in [0.29, 0.717) is 16.4 Å². The zero-order valence-corrected chi connectivity index (χ0v) is 16.9. The van der Waals surface area contributed by atoms with Crippen molar-refractivity contribution < 1.29 is 9.84 Å². The number of aromatic amines is 1. The highest BCUT2D eigenvalue weighted by atomic mass is 35.5. The molecule has 2 saturated heterocycles. The molecule has 0 saturated carbocycles. The number of nitrogens with one attached hydrogen (secondary N) is 1. The first-order valence-electron chi connectivity index (χ1n) is 9.16. The van der Waals surface area contributed by atoms with E-state index in [1.807, 2.05) is 0 Å². The molecule has 2 aromatic rings. The van der Waals surface area contributed by atoms with Gasteiger partial charge >= 0.3 is 0 Å². The van der Waals surface area contributed by atoms with Gasteiger partial charge in [-0.05, 0) is 30.7 Å². The Hall–Kier alpha value is -1.81. The number of halogens is 1. The Morgan fingerprint density at radius 1 is 1.39 bits per heavy atom. The number of aliphatic hydroxyl groups is 1. The van der Waals surface area contributed by atoms with Crippen molar-refractivity contribution in [3.8, 4) is 0 Å². The number of rotatable bonds is 4. The molecule has 4 rings (SSSR count). The number of piperidine rings is 1. The number of nitrogen functional groups attached to an aromatic ring is 1. The normalized spacial score (nSPS) is 18.7. The predicted octanol–water partition coefficient (Wildman–Crippen LogP) is 2.05. The first-order chi connectivity index (χ1) is 13.5. The Labute approximate surface area is 171 Å². The Morgan fingerprint density at radius 3 is 2.86 bits per heavy atom. The summed E-state index contributed by atoms with van der Waals surface area (Å²) in [5, 5.41) is 10.3. The molecular weight excluding hydrogens is 402 g/mol. The summed E-state index contributed by atoms with van der Waals surface area (Å²) in [4.78, 5) is 26.5. The summed E-state index contributed by atoms with van der Waals surface area (Å²) in [5.41, 5.74) is 6.10. The number of anilines is 2. The minimum atomic E-state index is -0.326. The Kier molecular flexibility index (Phi) is 5.50. The molecule has 4 heterocycles. The molecule has 10 heteroatoms. The van der Waals surface area contributed by atoms with Crippen LogP contribution in [0.1, 0.15) is 25.0 Å². The van der Waals surface area contributed by atoms with E-state index in [9.17, 15) is 9.90 Å². The lowest BCUT2D eigenvalue weighted by atomic mass is 9.78. The van der Waals surface area contributed by atoms with Crippen LogP contribution < -0.4 is 16.2 Å². The summed E-state index contributed by atoms with van der Waals surface area (Å²) < 4.78 is 5.58. The monoisotopic (exact) mass is 423 g/mol. The lowest BCUT2D eigenvalue weighted by Gasteiger charge is -2.39. The van der Waals surface area contributed by atoms with Crippen molar-refractivity contribution >= 4 is 35.0 Å². The summed E-state index contributed by atoms with van der Waals surface area (Å²) in [7, 11) is 0. The smallest absolute Gasteiger partial charge is 0.282 e. The first kappa shape index (κ1) is 19.5. The van der Waals surface area contributed by atoms with E-state index >= 15 is 0 Å². The van der Waals surface area contributed by atoms with Crippen molar-refractivity contribution in [1.29, 1.82) is 0 Å². The van der Waals surface area contributed by atoms with E-state index < -0.39 is 0 Å². The van der Waals surface area contributed by atoms with Crippen LogP contribution in [0.5, 0.6) is 0 Å². The Balaban J connectivity index is 1.58. The van der Waals surface area contributed by atoms with Gasteiger partial charge < -0.3 is 25.5 Å². The van der Waals surface area contributed by atoms with Crippen molar-refractivity contribution in [3.05, 3.63) is 33.3 Å². The molecule has 2 aliphatic rings. The van der Waals surface area contributed by atoms with Gasteiger partial charge in [-0.2, -0.15) is 0 Å². The highest BCUT2D eigenvalue weighted by Crippen LogP contribution is 2.40. The topological polar surface area (TPSA) is 117 Å². The van der Waals surface area contributed by atoms with Crippen molar-refractivity contribution in [2.45, 2.75) is 35.8 Å². The second-order valence-corrected chi connectivity index (χ2v) is 8.63. The quantitative estimate of drug-likeness (QED) is 0.683. The number of nitrogens with zero attached hydrogens (tertiary/aromatic N) is 3. The molecule has 0 radical (unpaired) electrons. The Bertz CT molecular complexity index is 922. The second kappa shape index (κ2) is 7.90. The van der Waals surface area contributed by atoms with Crippen LogP contribution in [-0.4, -0.2) is 46.4 Å². The van der Waals surface area contributed by atoms with Gasteiger partial charge in [-0.25, -0.2) is 9.97 Å². The third-order valence-corrected chi connectivity index (χ3v) is 7.04. The predicted molar refractivity (Wildman–Crippen MR) is 108 cm³/mol. The summed E-state index contributed by atoms with van der Waals surface area (Å²) in [6.45, 7) is 2.97. The van der Waals surface area contributed by atoms with Crippen LogP contribution in [0.4, 0.5) is 11.6 Å². The second-order valence-electron chi connectivity index (χ2n) is 7.22. The number of hydrogen-bond donors (Lipinski definition) is 3. The van der Waals surface area contributed by atoms with Gasteiger partial charge in [0.1, 0.15) is 17.3 Å². The molecule has 0 aromatic carbocycles. The Morgan fingerprint density at radius 2 is 2.18 bits per heavy atom. The van der Waals surface area contributed by atoms with E-state index in [2.05, 4.69) is 19.9 Å². The fourth-order valence-corrected chi connectivity index (χ4v) is 4.83. The molecule has 2 aliphatic heterocycles. The minimum absolute atomic E-state index is 0.195. The number of hydrogen-bond acceptors (Lipinski definition) is 8. The van der Waals surface area contributed by atoms with Gasteiger partial charge in [0.2, 0.25) is 0 Å². The number of aliphatic hydroxyl groups excluding tert-OH is 1. The number of nitrogens with two attached hydrogens (primary N) is 1. The summed E-state index contributed by atoms with van der Waals surface area (Å²) in [6, 6.07) is 1.67. The van der Waals surface area contributed by atoms with Crippen molar-refractivity contribution in [2.75, 3.05) is 36.9 Å². The van der Waals surface area contributed by atoms with E-state index in [-0.39, 0.29) is 33.4 Å². The molecule has 0 atom stereocenters. The van der Waals surface area contributed by atoms with Gasteiger partial charge in [0.25, 0.3) is 5.56 Å². The molecule has 8 nitrogen and oxygen atoms in total. The van der Waals surface area contributed by atoms with Crippen LogP contribution in [-0.2, 0) is 11.3 Å². The molecule has 1 spiro atoms. The lowest BCUT2D eigenvalue weighted by Crippen LogP contribution is -2.42. The average molecular weight is 424 g/mol. The molecule has 0 amide bonds. The van der Waals surface area contributed by atoms with Crippen molar-refractivity contribution in [2.24, 2.45) is 5.41 Å². The van der Waals surface area contributed by atoms with Crippen LogP contribution in [0.15, 0.2) is 27.0 Å². The van der Waals surface area contributed by atoms with Gasteiger partial charge in [0.05, 0.1) is 18.2 Å². The van der Waals surface area contributed by atoms with Crippen molar-refractivity contribution in [3.63, 3.8) is 0 Å². The highest BCUT2D eigenvalue weighted by molar-refractivity contribution is 7.99. The fraction of sp³-hybridized carbons (Fsp3) is 0.500. The maximum absolute atomic E-state index is 12.6. The highest BCUT2D eigenvalue weighted by Gasteiger charge is 2.38. The molecule has 150 valence electrons. The van der Waals surface area contributed by atoms with Gasteiger partial charge in [0, 0.05) is 30.8 Å². The van der Waals surface area contributed by atoms with Crippen LogP contribution in [0.2, 0.25) is 5.02 Å². The van der Waals surface area contributed by atoms with Crippen molar-refractivity contribution in [1.82, 2.24) is 15.0 Å². The van der Waals surface area contributed by atoms with Crippen LogP contribution in [0, 0.1) is 5.41 Å². The molecule has 0 bridgehead atoms. The van der Waals surface area contributed by atoms with Gasteiger partial charge in [-0.1, -0.05) is 23.4 Å². The number of aromatic nitrogens is 3. The summed E-state index contributed by atoms with van der Waals surface area (Å²) >= 11 is 7.27.